The van der Waals surface area contributed by atoms with Crippen LogP contribution in [0, 0.1) is 18.4 Å². The summed E-state index contributed by atoms with van der Waals surface area (Å²) in [5.74, 6) is 0.406. The summed E-state index contributed by atoms with van der Waals surface area (Å²) in [4.78, 5) is 47.4. The van der Waals surface area contributed by atoms with Crippen LogP contribution in [-0.2, 0) is 9.59 Å². The van der Waals surface area contributed by atoms with E-state index in [1.807, 2.05) is 55.6 Å². The number of nitriles is 1. The molecular formula is C31H35N7O4. The van der Waals surface area contributed by atoms with Crippen LogP contribution in [-0.4, -0.2) is 71.7 Å². The molecule has 0 radical (unpaired) electrons. The maximum atomic E-state index is 13.6. The second kappa shape index (κ2) is 13.2. The smallest absolute Gasteiger partial charge is 0.251 e. The van der Waals surface area contributed by atoms with Crippen molar-refractivity contribution >= 4 is 40.3 Å². The number of nitrogens with zero attached hydrogens (tertiary/aromatic N) is 4. The highest BCUT2D eigenvalue weighted by molar-refractivity contribution is 5.98. The molecule has 0 aliphatic carbocycles. The zero-order valence-electron chi connectivity index (χ0n) is 23.6. The van der Waals surface area contributed by atoms with Crippen LogP contribution >= 0.6 is 0 Å². The first-order valence-corrected chi connectivity index (χ1v) is 14.3. The van der Waals surface area contributed by atoms with Crippen LogP contribution < -0.4 is 16.0 Å². The molecule has 0 unspecified atom stereocenters. The number of rotatable bonds is 7. The lowest BCUT2D eigenvalue weighted by atomic mass is 10.1. The van der Waals surface area contributed by atoms with Gasteiger partial charge in [0.1, 0.15) is 17.4 Å². The third kappa shape index (κ3) is 6.89. The van der Waals surface area contributed by atoms with Crippen LogP contribution in [0.25, 0.3) is 11.0 Å². The molecule has 0 saturated carbocycles. The molecule has 2 aliphatic heterocycles. The third-order valence-electron chi connectivity index (χ3n) is 7.67. The Kier molecular flexibility index (Phi) is 9.02. The van der Waals surface area contributed by atoms with Gasteiger partial charge in [0.05, 0.1) is 6.54 Å². The number of furan rings is 1. The Morgan fingerprint density at radius 2 is 1.90 bits per heavy atom. The standard InChI is InChI=1S/C31H35N7O4/c1-21-16-23-17-24(12-13-27(23)42-21)35-31(34-20-32)36-26-11-5-6-14-37(30(26)41)19-28(39)38-15-7-10-25(38)18-33-29(40)22-8-3-2-4-9-22/h2-4,8-9,12-13,16-17,25-26H,5-7,10-11,14-15,18-19H2,1H3,(H,33,40)(H2,34,35,36)/t25-,26-/m0/s1. The first-order valence-electron chi connectivity index (χ1n) is 14.3. The number of anilines is 1. The van der Waals surface area contributed by atoms with Crippen LogP contribution in [0.2, 0.25) is 0 Å². The lowest BCUT2D eigenvalue weighted by Gasteiger charge is -2.29. The lowest BCUT2D eigenvalue weighted by molar-refractivity contribution is -0.141. The van der Waals surface area contributed by atoms with Crippen molar-refractivity contribution in [2.24, 2.45) is 4.99 Å². The first kappa shape index (κ1) is 28.7. The zero-order chi connectivity index (χ0) is 29.5. The van der Waals surface area contributed by atoms with Gasteiger partial charge in [-0.2, -0.15) is 5.26 Å². The summed E-state index contributed by atoms with van der Waals surface area (Å²) >= 11 is 0. The Bertz CT molecular complexity index is 1510. The van der Waals surface area contributed by atoms with Gasteiger partial charge >= 0.3 is 0 Å². The Hall–Kier alpha value is -4.85. The number of aliphatic imine (C=N–C) groups is 1. The normalized spacial score (nSPS) is 19.3. The van der Waals surface area contributed by atoms with Crippen molar-refractivity contribution in [1.82, 2.24) is 20.4 Å². The van der Waals surface area contributed by atoms with Crippen molar-refractivity contribution in [3.63, 3.8) is 0 Å². The number of carbonyl (C=O) groups is 3. The molecule has 1 aromatic heterocycles. The highest BCUT2D eigenvalue weighted by Gasteiger charge is 2.33. The van der Waals surface area contributed by atoms with Crippen molar-refractivity contribution in [2.45, 2.75) is 51.1 Å². The summed E-state index contributed by atoms with van der Waals surface area (Å²) in [5, 5.41) is 18.8. The second-order valence-electron chi connectivity index (χ2n) is 10.7. The number of benzene rings is 2. The molecule has 3 heterocycles. The molecule has 2 atom stereocenters. The van der Waals surface area contributed by atoms with Crippen molar-refractivity contribution in [3.05, 3.63) is 65.9 Å². The monoisotopic (exact) mass is 569 g/mol. The number of nitrogens with one attached hydrogen (secondary N) is 3. The molecule has 11 heteroatoms. The molecule has 42 heavy (non-hydrogen) atoms. The average molecular weight is 570 g/mol. The lowest BCUT2D eigenvalue weighted by Crippen LogP contribution is -2.49. The van der Waals surface area contributed by atoms with Gasteiger partial charge in [-0.25, -0.2) is 4.99 Å². The summed E-state index contributed by atoms with van der Waals surface area (Å²) < 4.78 is 5.63. The zero-order valence-corrected chi connectivity index (χ0v) is 23.6. The Labute approximate surface area is 244 Å². The minimum absolute atomic E-state index is 0.0427. The first-order chi connectivity index (χ1) is 20.4. The molecule has 2 fully saturated rings. The molecule has 2 aromatic carbocycles. The van der Waals surface area contributed by atoms with Gasteiger partial charge in [-0.05, 0) is 75.4 Å². The Morgan fingerprint density at radius 1 is 1.07 bits per heavy atom. The maximum absolute atomic E-state index is 13.6. The van der Waals surface area contributed by atoms with Gasteiger partial charge in [0.2, 0.25) is 17.8 Å². The molecule has 11 nitrogen and oxygen atoms in total. The van der Waals surface area contributed by atoms with E-state index in [0.29, 0.717) is 37.3 Å². The van der Waals surface area contributed by atoms with Gasteiger partial charge in [-0.3, -0.25) is 19.7 Å². The van der Waals surface area contributed by atoms with Crippen LogP contribution in [0.1, 0.15) is 48.2 Å². The Morgan fingerprint density at radius 3 is 2.71 bits per heavy atom. The molecule has 2 saturated heterocycles. The predicted molar refractivity (Wildman–Crippen MR) is 158 cm³/mol. The molecule has 218 valence electrons. The summed E-state index contributed by atoms with van der Waals surface area (Å²) in [7, 11) is 0. The fourth-order valence-corrected chi connectivity index (χ4v) is 5.59. The number of hydrogen-bond acceptors (Lipinski definition) is 6. The fourth-order valence-electron chi connectivity index (χ4n) is 5.59. The molecule has 3 amide bonds. The van der Waals surface area contributed by atoms with E-state index < -0.39 is 6.04 Å². The summed E-state index contributed by atoms with van der Waals surface area (Å²) in [6.45, 7) is 3.25. The SMILES string of the molecule is Cc1cc2cc(NC(=N[C@H]3CCCCN(CC(=O)N4CCC[C@H]4CNC(=O)c4ccccc4)C3=O)NC#N)ccc2o1. The van der Waals surface area contributed by atoms with Gasteiger partial charge in [0, 0.05) is 42.3 Å². The summed E-state index contributed by atoms with van der Waals surface area (Å²) in [5.41, 5.74) is 2.02. The minimum Gasteiger partial charge on any atom is -0.461 e. The van der Waals surface area contributed by atoms with E-state index in [1.54, 1.807) is 21.9 Å². The number of likely N-dealkylation sites (tertiary alicyclic amines) is 2. The number of guanidine groups is 1. The molecule has 0 bridgehead atoms. The summed E-state index contributed by atoms with van der Waals surface area (Å²) in [6.07, 6.45) is 5.56. The highest BCUT2D eigenvalue weighted by Crippen LogP contribution is 2.23. The van der Waals surface area contributed by atoms with Gasteiger partial charge in [0.15, 0.2) is 6.19 Å². The van der Waals surface area contributed by atoms with Crippen LogP contribution in [0.3, 0.4) is 0 Å². The number of amides is 3. The molecule has 2 aliphatic rings. The van der Waals surface area contributed by atoms with E-state index in [-0.39, 0.29) is 36.3 Å². The van der Waals surface area contributed by atoms with Crippen molar-refractivity contribution in [1.29, 1.82) is 5.26 Å². The second-order valence-corrected chi connectivity index (χ2v) is 10.7. The van der Waals surface area contributed by atoms with Crippen LogP contribution in [0.4, 0.5) is 5.69 Å². The molecule has 5 rings (SSSR count). The maximum Gasteiger partial charge on any atom is 0.251 e. The molecule has 3 N–H and O–H groups in total. The van der Waals surface area contributed by atoms with Crippen molar-refractivity contribution < 1.29 is 18.8 Å². The predicted octanol–water partition coefficient (Wildman–Crippen LogP) is 3.38. The van der Waals surface area contributed by atoms with E-state index in [4.69, 9.17) is 4.42 Å². The number of carbonyl (C=O) groups excluding carboxylic acids is 3. The number of aryl methyl sites for hydroxylation is 1. The van der Waals surface area contributed by atoms with E-state index in [2.05, 4.69) is 20.9 Å². The van der Waals surface area contributed by atoms with Gasteiger partial charge in [-0.1, -0.05) is 18.2 Å². The summed E-state index contributed by atoms with van der Waals surface area (Å²) in [6, 6.07) is 15.6. The fraction of sp³-hybridized carbons (Fsp3) is 0.387. The Balaban J connectivity index is 1.23. The van der Waals surface area contributed by atoms with E-state index in [0.717, 1.165) is 42.4 Å². The molecule has 0 spiro atoms. The number of hydrogen-bond donors (Lipinski definition) is 3. The van der Waals surface area contributed by atoms with Crippen LogP contribution in [0.5, 0.6) is 0 Å². The van der Waals surface area contributed by atoms with E-state index >= 15 is 0 Å². The average Bonchev–Trinajstić information content (AvgIpc) is 3.58. The largest absolute Gasteiger partial charge is 0.461 e. The quantitative estimate of drug-likeness (QED) is 0.171. The molecular weight excluding hydrogens is 534 g/mol. The van der Waals surface area contributed by atoms with Crippen LogP contribution in [0.15, 0.2) is 64.0 Å². The van der Waals surface area contributed by atoms with E-state index in [1.165, 1.54) is 0 Å². The number of fused-ring (bicyclic) bond motifs is 1. The van der Waals surface area contributed by atoms with Gasteiger partial charge in [0.25, 0.3) is 5.91 Å². The minimum atomic E-state index is -0.733. The van der Waals surface area contributed by atoms with Crippen molar-refractivity contribution in [3.8, 4) is 6.19 Å². The van der Waals surface area contributed by atoms with E-state index in [9.17, 15) is 19.6 Å². The van der Waals surface area contributed by atoms with Crippen molar-refractivity contribution in [2.75, 3.05) is 31.5 Å². The third-order valence-corrected chi connectivity index (χ3v) is 7.67. The van der Waals surface area contributed by atoms with Gasteiger partial charge in [-0.15, -0.1) is 0 Å². The topological polar surface area (TPSA) is 143 Å². The van der Waals surface area contributed by atoms with Gasteiger partial charge < -0.3 is 24.9 Å². The molecule has 3 aromatic rings. The highest BCUT2D eigenvalue weighted by atomic mass is 16.3.